The van der Waals surface area contributed by atoms with E-state index >= 15 is 0 Å². The van der Waals surface area contributed by atoms with E-state index in [2.05, 4.69) is 16.8 Å². The fourth-order valence-corrected chi connectivity index (χ4v) is 4.80. The number of nitrogens with one attached hydrogen (secondary N) is 1. The number of carbonyl (C=O) groups excluding carboxylic acids is 3. The average molecular weight is 652 g/mol. The monoisotopic (exact) mass is 651 g/mol. The minimum atomic E-state index is -5.25. The van der Waals surface area contributed by atoms with Crippen molar-refractivity contribution in [2.75, 3.05) is 19.8 Å². The number of carbonyl (C=O) groups is 3. The van der Waals surface area contributed by atoms with Crippen molar-refractivity contribution in [1.82, 2.24) is 5.32 Å². The van der Waals surface area contributed by atoms with Crippen molar-refractivity contribution in [3.05, 3.63) is 0 Å². The Bertz CT molecular complexity index is 726. The minimum absolute atomic E-state index is 0. The number of phosphoric acid groups is 1. The van der Waals surface area contributed by atoms with Crippen LogP contribution < -0.4 is 74.2 Å². The second kappa shape index (κ2) is 33.9. The van der Waals surface area contributed by atoms with E-state index in [1.54, 1.807) is 0 Å². The normalized spacial score (nSPS) is 11.6. The molecule has 1 amide bonds. The topological polar surface area (TPSA) is 154 Å². The Morgan fingerprint density at radius 1 is 0.651 bits per heavy atom. The Kier molecular flexibility index (Phi) is 37.7. The number of ether oxygens (including phenoxy) is 2. The fourth-order valence-electron chi connectivity index (χ4n) is 4.45. The third kappa shape index (κ3) is 38.6. The van der Waals surface area contributed by atoms with Crippen LogP contribution in [-0.4, -0.2) is 43.7 Å². The molecule has 0 rings (SSSR count). The van der Waals surface area contributed by atoms with Crippen LogP contribution in [0, 0.1) is 0 Å². The second-order valence-corrected chi connectivity index (χ2v) is 12.0. The maximum Gasteiger partial charge on any atom is 1.00 e. The van der Waals surface area contributed by atoms with Crippen LogP contribution in [0.2, 0.25) is 0 Å². The van der Waals surface area contributed by atoms with Gasteiger partial charge < -0.3 is 33.7 Å². The Morgan fingerprint density at radius 2 is 1.07 bits per heavy atom. The molecule has 0 aromatic carbocycles. The van der Waals surface area contributed by atoms with Crippen LogP contribution >= 0.6 is 7.82 Å². The molecule has 0 aliphatic rings. The summed E-state index contributed by atoms with van der Waals surface area (Å²) in [5, 5.41) is 2.78. The summed E-state index contributed by atoms with van der Waals surface area (Å²) in [6.07, 6.45) is 19.8. The summed E-state index contributed by atoms with van der Waals surface area (Å²) >= 11 is 0. The van der Waals surface area contributed by atoms with Crippen molar-refractivity contribution in [1.29, 1.82) is 0 Å². The molecule has 0 aliphatic carbocycles. The largest absolute Gasteiger partial charge is 1.00 e. The van der Waals surface area contributed by atoms with Crippen molar-refractivity contribution in [3.8, 4) is 0 Å². The zero-order valence-electron chi connectivity index (χ0n) is 27.7. The Balaban J connectivity index is -0.00000800. The molecule has 0 aromatic heterocycles. The molecule has 242 valence electrons. The fraction of sp³-hybridized carbons (Fsp3) is 0.900. The molecule has 0 radical (unpaired) electrons. The standard InChI is InChI=1S/C30H58NO9P.2Na/c1-3-4-5-6-7-8-9-10-14-17-20-23-30(34)40-28(26-39-41(35,36)37)25-38-29(33)22-19-16-13-11-12-15-18-21-24-31-27(2)32;;/h28H,3-26H2,1-2H3,(H,31,32)(H2,35,36,37);;/q;2*+1/p-2/t28-;;/m1../s1. The van der Waals surface area contributed by atoms with Gasteiger partial charge in [0.2, 0.25) is 5.91 Å². The summed E-state index contributed by atoms with van der Waals surface area (Å²) in [7, 11) is -5.25. The van der Waals surface area contributed by atoms with Crippen LogP contribution in [0.3, 0.4) is 0 Å². The summed E-state index contributed by atoms with van der Waals surface area (Å²) < 4.78 is 25.5. The van der Waals surface area contributed by atoms with Crippen LogP contribution in [0.25, 0.3) is 0 Å². The third-order valence-electron chi connectivity index (χ3n) is 6.81. The zero-order chi connectivity index (χ0) is 30.6. The maximum atomic E-state index is 12.2. The molecule has 0 unspecified atom stereocenters. The second-order valence-electron chi connectivity index (χ2n) is 10.9. The van der Waals surface area contributed by atoms with Crippen LogP contribution in [0.15, 0.2) is 0 Å². The van der Waals surface area contributed by atoms with Gasteiger partial charge in [0.15, 0.2) is 6.10 Å². The van der Waals surface area contributed by atoms with Crippen LogP contribution in [0.4, 0.5) is 0 Å². The van der Waals surface area contributed by atoms with Crippen molar-refractivity contribution in [3.63, 3.8) is 0 Å². The molecule has 0 saturated carbocycles. The van der Waals surface area contributed by atoms with Gasteiger partial charge in [0, 0.05) is 26.3 Å². The van der Waals surface area contributed by atoms with Crippen molar-refractivity contribution in [2.24, 2.45) is 0 Å². The first-order valence-electron chi connectivity index (χ1n) is 15.9. The molecule has 0 aromatic rings. The molecule has 0 spiro atoms. The van der Waals surface area contributed by atoms with Crippen molar-refractivity contribution >= 4 is 25.7 Å². The van der Waals surface area contributed by atoms with Gasteiger partial charge in [-0.15, -0.1) is 0 Å². The van der Waals surface area contributed by atoms with Gasteiger partial charge in [0.05, 0.1) is 14.4 Å². The first-order chi connectivity index (χ1) is 19.6. The van der Waals surface area contributed by atoms with Crippen LogP contribution in [-0.2, 0) is 32.9 Å². The number of rotatable bonds is 29. The first-order valence-corrected chi connectivity index (χ1v) is 17.4. The molecular weight excluding hydrogens is 595 g/mol. The third-order valence-corrected chi connectivity index (χ3v) is 7.28. The molecule has 13 heteroatoms. The average Bonchev–Trinajstić information content (AvgIpc) is 2.91. The van der Waals surface area contributed by atoms with Gasteiger partial charge in [-0.25, -0.2) is 0 Å². The van der Waals surface area contributed by atoms with Gasteiger partial charge in [-0.05, 0) is 19.3 Å². The van der Waals surface area contributed by atoms with Crippen molar-refractivity contribution in [2.45, 2.75) is 155 Å². The SMILES string of the molecule is CCCCCCCCCCCCCC(=O)O[C@H](COC(=O)CCCCCCCCCCNC(C)=O)COP(=O)([O-])[O-].[Na+].[Na+]. The van der Waals surface area contributed by atoms with E-state index in [1.165, 1.54) is 51.9 Å². The quantitative estimate of drug-likeness (QED) is 0.0495. The Morgan fingerprint density at radius 3 is 1.51 bits per heavy atom. The molecule has 0 saturated heterocycles. The van der Waals surface area contributed by atoms with E-state index in [0.717, 1.165) is 70.8 Å². The maximum absolute atomic E-state index is 12.2. The predicted octanol–water partition coefficient (Wildman–Crippen LogP) is -0.357. The molecular formula is C30H56NNa2O9P. The van der Waals surface area contributed by atoms with Crippen LogP contribution in [0.5, 0.6) is 0 Å². The Hall–Kier alpha value is 0.520. The molecule has 0 aliphatic heterocycles. The number of unbranched alkanes of at least 4 members (excludes halogenated alkanes) is 17. The van der Waals surface area contributed by atoms with E-state index in [9.17, 15) is 28.7 Å². The number of hydrogen-bond donors (Lipinski definition) is 1. The van der Waals surface area contributed by atoms with E-state index < -0.39 is 32.5 Å². The zero-order valence-corrected chi connectivity index (χ0v) is 32.6. The Labute approximate surface area is 305 Å². The van der Waals surface area contributed by atoms with E-state index in [1.807, 2.05) is 0 Å². The summed E-state index contributed by atoms with van der Waals surface area (Å²) in [4.78, 5) is 56.9. The molecule has 10 nitrogen and oxygen atoms in total. The number of amides is 1. The smallest absolute Gasteiger partial charge is 0.790 e. The number of phosphoric ester groups is 1. The first kappa shape index (κ1) is 47.9. The number of hydrogen-bond acceptors (Lipinski definition) is 9. The van der Waals surface area contributed by atoms with Crippen molar-refractivity contribution < 1.29 is 102 Å². The van der Waals surface area contributed by atoms with Gasteiger partial charge in [0.25, 0.3) is 0 Å². The summed E-state index contributed by atoms with van der Waals surface area (Å²) in [6.45, 7) is 3.41. The van der Waals surface area contributed by atoms with Gasteiger partial charge in [-0.1, -0.05) is 110 Å². The number of esters is 2. The van der Waals surface area contributed by atoms with Gasteiger partial charge in [-0.3, -0.25) is 14.4 Å². The van der Waals surface area contributed by atoms with E-state index in [-0.39, 0.29) is 84.5 Å². The van der Waals surface area contributed by atoms with Gasteiger partial charge >= 0.3 is 71.1 Å². The summed E-state index contributed by atoms with van der Waals surface area (Å²) in [5.74, 6) is -1.01. The predicted molar refractivity (Wildman–Crippen MR) is 156 cm³/mol. The molecule has 0 heterocycles. The van der Waals surface area contributed by atoms with E-state index in [4.69, 9.17) is 9.47 Å². The van der Waals surface area contributed by atoms with E-state index in [0.29, 0.717) is 12.8 Å². The van der Waals surface area contributed by atoms with Gasteiger partial charge in [0.1, 0.15) is 6.61 Å². The molecule has 1 N–H and O–H groups in total. The van der Waals surface area contributed by atoms with Gasteiger partial charge in [-0.2, -0.15) is 0 Å². The molecule has 0 bridgehead atoms. The molecule has 1 atom stereocenters. The molecule has 0 fully saturated rings. The summed E-state index contributed by atoms with van der Waals surface area (Å²) in [5.41, 5.74) is 0. The molecule has 43 heavy (non-hydrogen) atoms. The minimum Gasteiger partial charge on any atom is -0.790 e. The van der Waals surface area contributed by atoms with Crippen LogP contribution in [0.1, 0.15) is 149 Å². The summed E-state index contributed by atoms with van der Waals surface area (Å²) in [6, 6.07) is 0.